The summed E-state index contributed by atoms with van der Waals surface area (Å²) in [7, 11) is 1.36. The smallest absolute Gasteiger partial charge is 0.365 e. The Morgan fingerprint density at radius 3 is 2.24 bits per heavy atom. The van der Waals surface area contributed by atoms with Gasteiger partial charge in [0.2, 0.25) is 10.0 Å². The summed E-state index contributed by atoms with van der Waals surface area (Å²) in [4.78, 5) is 11.6. The fraction of sp³-hybridized carbons (Fsp3) is 0.115. The van der Waals surface area contributed by atoms with E-state index in [1.165, 1.54) is 18.9 Å². The number of hydrazone groups is 2. The van der Waals surface area contributed by atoms with Crippen LogP contribution in [0.15, 0.2) is 101 Å². The summed E-state index contributed by atoms with van der Waals surface area (Å²) in [5.41, 5.74) is 4.50. The standard InChI is InChI=1S/C26H21ClN4O2S/c1-18-8-14-22(15-9-18)31-26(34-24(29-31)25(32)33-2)17-16-23(19-10-12-20(27)13-11-19)28-30(26)21-6-4-3-5-7-21/h3-17H,1-2H3/t26-/m0/s1. The largest absolute Gasteiger partial charge is 0.464 e. The van der Waals surface area contributed by atoms with Gasteiger partial charge in [-0.1, -0.05) is 59.6 Å². The highest BCUT2D eigenvalue weighted by Gasteiger charge is 2.51. The Bertz CT molecular complexity index is 1310. The number of halogens is 1. The first-order valence-corrected chi connectivity index (χ1v) is 11.8. The van der Waals surface area contributed by atoms with Gasteiger partial charge < -0.3 is 4.74 Å². The van der Waals surface area contributed by atoms with Gasteiger partial charge in [0.15, 0.2) is 0 Å². The fourth-order valence-electron chi connectivity index (χ4n) is 3.76. The molecule has 0 saturated heterocycles. The minimum Gasteiger partial charge on any atom is -0.464 e. The number of hydrogen-bond acceptors (Lipinski definition) is 7. The van der Waals surface area contributed by atoms with Crippen LogP contribution in [0.4, 0.5) is 11.4 Å². The third-order valence-corrected chi connectivity index (χ3v) is 6.97. The van der Waals surface area contributed by atoms with E-state index in [1.54, 1.807) is 0 Å². The minimum absolute atomic E-state index is 0.249. The molecule has 1 atom stereocenters. The van der Waals surface area contributed by atoms with E-state index in [0.29, 0.717) is 5.02 Å². The molecule has 34 heavy (non-hydrogen) atoms. The second-order valence-corrected chi connectivity index (χ2v) is 9.41. The van der Waals surface area contributed by atoms with E-state index in [9.17, 15) is 4.79 Å². The normalized spacial score (nSPS) is 19.3. The number of hydrogen-bond donors (Lipinski definition) is 0. The molecule has 0 saturated carbocycles. The number of methoxy groups -OCH3 is 1. The number of ether oxygens (including phenoxy) is 1. The molecular formula is C26H21ClN4O2S. The molecule has 1 spiro atoms. The van der Waals surface area contributed by atoms with Crippen LogP contribution in [0.25, 0.3) is 0 Å². The minimum atomic E-state index is -0.948. The van der Waals surface area contributed by atoms with Gasteiger partial charge in [-0.3, -0.25) is 0 Å². The summed E-state index contributed by atoms with van der Waals surface area (Å²) in [6.45, 7) is 2.03. The number of aryl methyl sites for hydroxylation is 1. The molecule has 8 heteroatoms. The van der Waals surface area contributed by atoms with Gasteiger partial charge in [-0.25, -0.2) is 14.8 Å². The van der Waals surface area contributed by atoms with Gasteiger partial charge in [0.25, 0.3) is 0 Å². The molecule has 0 aromatic heterocycles. The average Bonchev–Trinajstić information content (AvgIpc) is 3.25. The van der Waals surface area contributed by atoms with Crippen molar-refractivity contribution in [3.8, 4) is 0 Å². The van der Waals surface area contributed by atoms with Gasteiger partial charge in [-0.2, -0.15) is 10.2 Å². The lowest BCUT2D eigenvalue weighted by molar-refractivity contribution is -0.132. The maximum atomic E-state index is 12.5. The maximum absolute atomic E-state index is 12.5. The maximum Gasteiger partial charge on any atom is 0.365 e. The number of carbonyl (C=O) groups is 1. The third-order valence-electron chi connectivity index (χ3n) is 5.49. The summed E-state index contributed by atoms with van der Waals surface area (Å²) in [6.07, 6.45) is 3.97. The Labute approximate surface area is 207 Å². The van der Waals surface area contributed by atoms with Crippen LogP contribution >= 0.6 is 23.4 Å². The molecule has 2 heterocycles. The van der Waals surface area contributed by atoms with Gasteiger partial charge in [-0.05, 0) is 67.2 Å². The highest BCUT2D eigenvalue weighted by Crippen LogP contribution is 2.48. The second-order valence-electron chi connectivity index (χ2n) is 7.78. The van der Waals surface area contributed by atoms with Crippen molar-refractivity contribution in [1.29, 1.82) is 0 Å². The molecule has 0 aliphatic carbocycles. The number of para-hydroxylation sites is 1. The van der Waals surface area contributed by atoms with E-state index in [2.05, 4.69) is 5.10 Å². The van der Waals surface area contributed by atoms with Crippen molar-refractivity contribution in [2.24, 2.45) is 10.2 Å². The molecule has 5 rings (SSSR count). The molecule has 3 aromatic carbocycles. The van der Waals surface area contributed by atoms with Crippen molar-refractivity contribution in [2.45, 2.75) is 11.9 Å². The van der Waals surface area contributed by atoms with Crippen LogP contribution < -0.4 is 10.0 Å². The zero-order valence-corrected chi connectivity index (χ0v) is 20.1. The van der Waals surface area contributed by atoms with Gasteiger partial charge in [0.1, 0.15) is 0 Å². The van der Waals surface area contributed by atoms with Gasteiger partial charge in [-0.15, -0.1) is 0 Å². The Balaban J connectivity index is 1.66. The van der Waals surface area contributed by atoms with E-state index in [0.717, 1.165) is 28.2 Å². The number of thioether (sulfide) groups is 1. The van der Waals surface area contributed by atoms with Crippen LogP contribution in [-0.2, 0) is 9.53 Å². The molecule has 0 bridgehead atoms. The molecular weight excluding hydrogens is 468 g/mol. The van der Waals surface area contributed by atoms with Crippen LogP contribution in [0.5, 0.6) is 0 Å². The molecule has 0 N–H and O–H groups in total. The molecule has 3 aromatic rings. The first kappa shape index (κ1) is 22.3. The fourth-order valence-corrected chi connectivity index (χ4v) is 5.06. The van der Waals surface area contributed by atoms with Crippen LogP contribution in [0, 0.1) is 6.92 Å². The third kappa shape index (κ3) is 3.97. The van der Waals surface area contributed by atoms with Gasteiger partial charge in [0.05, 0.1) is 24.2 Å². The molecule has 0 fully saturated rings. The summed E-state index contributed by atoms with van der Waals surface area (Å²) < 4.78 is 5.01. The van der Waals surface area contributed by atoms with Crippen molar-refractivity contribution >= 4 is 51.5 Å². The van der Waals surface area contributed by atoms with E-state index in [4.69, 9.17) is 21.4 Å². The van der Waals surface area contributed by atoms with Crippen molar-refractivity contribution < 1.29 is 9.53 Å². The van der Waals surface area contributed by atoms with Crippen LogP contribution in [0.3, 0.4) is 0 Å². The molecule has 2 aliphatic rings. The Morgan fingerprint density at radius 2 is 1.56 bits per heavy atom. The molecule has 0 amide bonds. The molecule has 170 valence electrons. The van der Waals surface area contributed by atoms with Crippen molar-refractivity contribution in [3.63, 3.8) is 0 Å². The zero-order chi connectivity index (χ0) is 23.7. The first-order chi connectivity index (χ1) is 16.5. The van der Waals surface area contributed by atoms with E-state index in [1.807, 2.05) is 108 Å². The van der Waals surface area contributed by atoms with Crippen LogP contribution in [0.2, 0.25) is 5.02 Å². The number of allylic oxidation sites excluding steroid dienone is 1. The predicted molar refractivity (Wildman–Crippen MR) is 139 cm³/mol. The first-order valence-electron chi connectivity index (χ1n) is 10.6. The van der Waals surface area contributed by atoms with Crippen molar-refractivity contribution in [1.82, 2.24) is 0 Å². The van der Waals surface area contributed by atoms with Crippen molar-refractivity contribution in [3.05, 3.63) is 107 Å². The van der Waals surface area contributed by atoms with Gasteiger partial charge >= 0.3 is 5.97 Å². The number of benzene rings is 3. The van der Waals surface area contributed by atoms with E-state index in [-0.39, 0.29) is 5.04 Å². The second kappa shape index (κ2) is 9.00. The molecule has 0 radical (unpaired) electrons. The SMILES string of the molecule is COC(=O)C1=NN(c2ccc(C)cc2)[C@@]2(C=CC(c3ccc(Cl)cc3)=NN2c2ccccc2)S1. The molecule has 6 nitrogen and oxygen atoms in total. The predicted octanol–water partition coefficient (Wildman–Crippen LogP) is 5.82. The van der Waals surface area contributed by atoms with E-state index < -0.39 is 11.0 Å². The Hall–Kier alpha value is -3.55. The number of rotatable bonds is 4. The quantitative estimate of drug-likeness (QED) is 0.433. The average molecular weight is 489 g/mol. The Kier molecular flexibility index (Phi) is 5.89. The lowest BCUT2D eigenvalue weighted by Gasteiger charge is -2.43. The lowest BCUT2D eigenvalue weighted by atomic mass is 10.1. The van der Waals surface area contributed by atoms with Crippen LogP contribution in [-0.4, -0.2) is 28.8 Å². The number of esters is 1. The number of carbonyl (C=O) groups excluding carboxylic acids is 1. The highest BCUT2D eigenvalue weighted by atomic mass is 35.5. The lowest BCUT2D eigenvalue weighted by Crippen LogP contribution is -2.53. The zero-order valence-electron chi connectivity index (χ0n) is 18.6. The highest BCUT2D eigenvalue weighted by molar-refractivity contribution is 8.17. The van der Waals surface area contributed by atoms with Gasteiger partial charge in [0, 0.05) is 10.6 Å². The monoisotopic (exact) mass is 488 g/mol. The molecule has 0 unspecified atom stereocenters. The summed E-state index contributed by atoms with van der Waals surface area (Å²) >= 11 is 7.38. The summed E-state index contributed by atoms with van der Waals surface area (Å²) in [5, 5.41) is 14.3. The summed E-state index contributed by atoms with van der Waals surface area (Å²) in [5.74, 6) is -0.493. The Morgan fingerprint density at radius 1 is 0.912 bits per heavy atom. The number of anilines is 2. The van der Waals surface area contributed by atoms with Crippen molar-refractivity contribution in [2.75, 3.05) is 17.1 Å². The topological polar surface area (TPSA) is 57.5 Å². The van der Waals surface area contributed by atoms with Crippen LogP contribution in [0.1, 0.15) is 11.1 Å². The van der Waals surface area contributed by atoms with E-state index >= 15 is 0 Å². The summed E-state index contributed by atoms with van der Waals surface area (Å²) in [6, 6.07) is 25.4. The number of nitrogens with zero attached hydrogens (tertiary/aromatic N) is 4. The molecule has 2 aliphatic heterocycles.